The van der Waals surface area contributed by atoms with Crippen LogP contribution in [-0.4, -0.2) is 41.2 Å². The summed E-state index contributed by atoms with van der Waals surface area (Å²) < 4.78 is 11.1. The molecule has 5 nitrogen and oxygen atoms in total. The van der Waals surface area contributed by atoms with E-state index in [-0.39, 0.29) is 6.10 Å². The lowest BCUT2D eigenvalue weighted by Crippen LogP contribution is -2.26. The lowest BCUT2D eigenvalue weighted by atomic mass is 10.2. The number of fused-ring (bicyclic) bond motifs is 1. The SMILES string of the molecule is C=CC.CN1Cc2cnc(OC3CCOCC3)nc2C1. The Hall–Kier alpha value is -1.46. The molecule has 0 unspecified atom stereocenters. The molecule has 0 aromatic carbocycles. The van der Waals surface area contributed by atoms with Crippen LogP contribution in [-0.2, 0) is 17.8 Å². The molecule has 110 valence electrons. The Balaban J connectivity index is 0.000000452. The van der Waals surface area contributed by atoms with Gasteiger partial charge < -0.3 is 9.47 Å². The van der Waals surface area contributed by atoms with E-state index in [0.29, 0.717) is 6.01 Å². The van der Waals surface area contributed by atoms with E-state index < -0.39 is 0 Å². The summed E-state index contributed by atoms with van der Waals surface area (Å²) in [4.78, 5) is 11.0. The fourth-order valence-corrected chi connectivity index (χ4v) is 2.29. The predicted octanol–water partition coefficient (Wildman–Crippen LogP) is 2.17. The van der Waals surface area contributed by atoms with Crippen LogP contribution in [0.15, 0.2) is 18.9 Å². The van der Waals surface area contributed by atoms with Crippen molar-refractivity contribution in [2.24, 2.45) is 0 Å². The van der Waals surface area contributed by atoms with Gasteiger partial charge in [-0.3, -0.25) is 4.90 Å². The van der Waals surface area contributed by atoms with Gasteiger partial charge in [0.1, 0.15) is 6.10 Å². The molecular weight excluding hydrogens is 254 g/mol. The number of rotatable bonds is 2. The minimum absolute atomic E-state index is 0.209. The molecule has 0 N–H and O–H groups in total. The summed E-state index contributed by atoms with van der Waals surface area (Å²) in [5.41, 5.74) is 2.32. The minimum atomic E-state index is 0.209. The summed E-state index contributed by atoms with van der Waals surface area (Å²) in [6, 6.07) is 0.519. The molecule has 5 heteroatoms. The van der Waals surface area contributed by atoms with Crippen molar-refractivity contribution in [2.75, 3.05) is 20.3 Å². The Labute approximate surface area is 120 Å². The summed E-state index contributed by atoms with van der Waals surface area (Å²) in [5, 5.41) is 0. The second kappa shape index (κ2) is 7.36. The van der Waals surface area contributed by atoms with Crippen molar-refractivity contribution < 1.29 is 9.47 Å². The molecule has 1 fully saturated rings. The Bertz CT molecular complexity index is 445. The zero-order chi connectivity index (χ0) is 14.4. The lowest BCUT2D eigenvalue weighted by Gasteiger charge is -2.22. The molecule has 0 saturated carbocycles. The molecule has 3 heterocycles. The molecule has 0 aliphatic carbocycles. The van der Waals surface area contributed by atoms with E-state index in [4.69, 9.17) is 9.47 Å². The van der Waals surface area contributed by atoms with Crippen LogP contribution >= 0.6 is 0 Å². The maximum absolute atomic E-state index is 5.80. The van der Waals surface area contributed by atoms with Gasteiger partial charge in [-0.2, -0.15) is 4.98 Å². The molecule has 2 aliphatic heterocycles. The highest BCUT2D eigenvalue weighted by Gasteiger charge is 2.20. The van der Waals surface area contributed by atoms with Crippen molar-refractivity contribution in [3.8, 4) is 6.01 Å². The van der Waals surface area contributed by atoms with Gasteiger partial charge in [-0.1, -0.05) is 6.08 Å². The third-order valence-electron chi connectivity index (χ3n) is 3.23. The van der Waals surface area contributed by atoms with Crippen LogP contribution in [0.5, 0.6) is 6.01 Å². The molecule has 20 heavy (non-hydrogen) atoms. The zero-order valence-electron chi connectivity index (χ0n) is 12.3. The Morgan fingerprint density at radius 2 is 2.10 bits per heavy atom. The fourth-order valence-electron chi connectivity index (χ4n) is 2.29. The highest BCUT2D eigenvalue weighted by atomic mass is 16.5. The first kappa shape index (κ1) is 14.9. The molecule has 0 amide bonds. The number of hydrogen-bond acceptors (Lipinski definition) is 5. The third-order valence-corrected chi connectivity index (χ3v) is 3.23. The third kappa shape index (κ3) is 4.02. The van der Waals surface area contributed by atoms with Crippen molar-refractivity contribution in [3.63, 3.8) is 0 Å². The summed E-state index contributed by atoms with van der Waals surface area (Å²) in [7, 11) is 2.08. The van der Waals surface area contributed by atoms with Crippen molar-refractivity contribution in [1.82, 2.24) is 14.9 Å². The van der Waals surface area contributed by atoms with Crippen LogP contribution in [0, 0.1) is 0 Å². The van der Waals surface area contributed by atoms with Gasteiger partial charge in [0.15, 0.2) is 0 Å². The molecule has 1 aromatic rings. The van der Waals surface area contributed by atoms with Gasteiger partial charge in [0.25, 0.3) is 0 Å². The van der Waals surface area contributed by atoms with Gasteiger partial charge in [-0.25, -0.2) is 4.98 Å². The topological polar surface area (TPSA) is 47.5 Å². The van der Waals surface area contributed by atoms with Gasteiger partial charge >= 0.3 is 6.01 Å². The highest BCUT2D eigenvalue weighted by molar-refractivity contribution is 5.22. The number of hydrogen-bond donors (Lipinski definition) is 0. The van der Waals surface area contributed by atoms with Gasteiger partial charge in [0, 0.05) is 37.7 Å². The highest BCUT2D eigenvalue weighted by Crippen LogP contribution is 2.21. The van der Waals surface area contributed by atoms with Crippen LogP contribution in [0.25, 0.3) is 0 Å². The van der Waals surface area contributed by atoms with Crippen molar-refractivity contribution in [1.29, 1.82) is 0 Å². The van der Waals surface area contributed by atoms with Crippen molar-refractivity contribution >= 4 is 0 Å². The predicted molar refractivity (Wildman–Crippen MR) is 77.5 cm³/mol. The molecule has 0 radical (unpaired) electrons. The molecule has 0 bridgehead atoms. The van der Waals surface area contributed by atoms with Crippen LogP contribution in [0.2, 0.25) is 0 Å². The van der Waals surface area contributed by atoms with Crippen molar-refractivity contribution in [3.05, 3.63) is 30.1 Å². The number of ether oxygens (including phenoxy) is 2. The quantitative estimate of drug-likeness (QED) is 0.775. The van der Waals surface area contributed by atoms with E-state index in [1.165, 1.54) is 5.56 Å². The van der Waals surface area contributed by atoms with Gasteiger partial charge in [-0.15, -0.1) is 6.58 Å². The average molecular weight is 277 g/mol. The van der Waals surface area contributed by atoms with Gasteiger partial charge in [0.2, 0.25) is 0 Å². The second-order valence-corrected chi connectivity index (χ2v) is 5.13. The molecule has 1 saturated heterocycles. The van der Waals surface area contributed by atoms with E-state index in [0.717, 1.165) is 44.8 Å². The number of aromatic nitrogens is 2. The summed E-state index contributed by atoms with van der Waals surface area (Å²) in [5.74, 6) is 0. The summed E-state index contributed by atoms with van der Waals surface area (Å²) >= 11 is 0. The standard InChI is InChI=1S/C12H17N3O2.C3H6/c1-15-7-9-6-13-12(14-11(9)8-15)17-10-2-4-16-5-3-10;1-3-2/h6,10H,2-5,7-8H2,1H3;3H,1H2,2H3. The molecule has 1 aromatic heterocycles. The van der Waals surface area contributed by atoms with Crippen LogP contribution < -0.4 is 4.74 Å². The normalized spacial score (nSPS) is 18.9. The minimum Gasteiger partial charge on any atom is -0.460 e. The first-order valence-electron chi connectivity index (χ1n) is 7.07. The number of nitrogens with zero attached hydrogens (tertiary/aromatic N) is 3. The van der Waals surface area contributed by atoms with Gasteiger partial charge in [0.05, 0.1) is 18.9 Å². The van der Waals surface area contributed by atoms with Crippen LogP contribution in [0.4, 0.5) is 0 Å². The molecular formula is C15H23N3O2. The fraction of sp³-hybridized carbons (Fsp3) is 0.600. The van der Waals surface area contributed by atoms with Crippen molar-refractivity contribution in [2.45, 2.75) is 39.0 Å². The maximum atomic E-state index is 5.80. The largest absolute Gasteiger partial charge is 0.460 e. The van der Waals surface area contributed by atoms with Crippen LogP contribution in [0.3, 0.4) is 0 Å². The molecule has 2 aliphatic rings. The van der Waals surface area contributed by atoms with E-state index in [1.54, 1.807) is 6.08 Å². The van der Waals surface area contributed by atoms with E-state index >= 15 is 0 Å². The summed E-state index contributed by atoms with van der Waals surface area (Å²) in [6.07, 6.45) is 5.71. The zero-order valence-corrected chi connectivity index (χ0v) is 12.3. The van der Waals surface area contributed by atoms with Gasteiger partial charge in [-0.05, 0) is 14.0 Å². The maximum Gasteiger partial charge on any atom is 0.316 e. The average Bonchev–Trinajstić information content (AvgIpc) is 2.80. The first-order chi connectivity index (χ1) is 9.72. The second-order valence-electron chi connectivity index (χ2n) is 5.13. The smallest absolute Gasteiger partial charge is 0.316 e. The monoisotopic (exact) mass is 277 g/mol. The van der Waals surface area contributed by atoms with E-state index in [2.05, 4.69) is 28.5 Å². The van der Waals surface area contributed by atoms with E-state index in [9.17, 15) is 0 Å². The Morgan fingerprint density at radius 1 is 1.40 bits per heavy atom. The molecule has 0 spiro atoms. The molecule has 3 rings (SSSR count). The Kier molecular flexibility index (Phi) is 5.49. The summed E-state index contributed by atoms with van der Waals surface area (Å²) in [6.45, 7) is 8.63. The molecule has 0 atom stereocenters. The van der Waals surface area contributed by atoms with E-state index in [1.807, 2.05) is 13.1 Å². The Morgan fingerprint density at radius 3 is 2.80 bits per heavy atom. The van der Waals surface area contributed by atoms with Crippen LogP contribution in [0.1, 0.15) is 31.0 Å². The number of allylic oxidation sites excluding steroid dienone is 1. The lowest BCUT2D eigenvalue weighted by molar-refractivity contribution is 0.0216. The first-order valence-corrected chi connectivity index (χ1v) is 7.07.